The van der Waals surface area contributed by atoms with Crippen LogP contribution in [0.15, 0.2) is 55.6 Å². The van der Waals surface area contributed by atoms with E-state index in [2.05, 4.69) is 50.6 Å². The molecule has 42 nitrogen and oxygen atoms in total. The highest BCUT2D eigenvalue weighted by molar-refractivity contribution is 6.61. The molecule has 117 heavy (non-hydrogen) atoms. The van der Waals surface area contributed by atoms with Crippen molar-refractivity contribution in [2.45, 2.75) is 186 Å². The molecule has 6 atom stereocenters. The van der Waals surface area contributed by atoms with Crippen LogP contribution in [0.3, 0.4) is 0 Å². The summed E-state index contributed by atoms with van der Waals surface area (Å²) < 4.78 is 89.5. The van der Waals surface area contributed by atoms with Crippen LogP contribution in [0.4, 0.5) is 11.6 Å². The summed E-state index contributed by atoms with van der Waals surface area (Å²) in [5.74, 6) is -2.35. The van der Waals surface area contributed by atoms with E-state index in [9.17, 15) is 38.7 Å². The number of carbonyl (C=O) groups is 7. The Labute approximate surface area is 689 Å². The van der Waals surface area contributed by atoms with Crippen LogP contribution in [0.2, 0.25) is 24.2 Å². The number of anilines is 2. The lowest BCUT2D eigenvalue weighted by Crippen LogP contribution is -2.46. The number of carbonyl (C=O) groups excluding carboxylic acids is 6. The summed E-state index contributed by atoms with van der Waals surface area (Å²) in [6.07, 6.45) is 9.54. The fourth-order valence-electron chi connectivity index (χ4n) is 11.3. The predicted octanol–water partition coefficient (Wildman–Crippen LogP) is 3.83. The van der Waals surface area contributed by atoms with Crippen LogP contribution in [0, 0.1) is 0 Å². The second kappa shape index (κ2) is 62.8. The minimum absolute atomic E-state index is 0.00324. The summed E-state index contributed by atoms with van der Waals surface area (Å²) in [5.41, 5.74) is 19.3. The Hall–Kier alpha value is -7.32. The van der Waals surface area contributed by atoms with Gasteiger partial charge in [-0.05, 0) is 84.5 Å². The van der Waals surface area contributed by atoms with Crippen molar-refractivity contribution in [2.24, 2.45) is 11.5 Å². The lowest BCUT2D eigenvalue weighted by atomic mass is 10.1. The van der Waals surface area contributed by atoms with Gasteiger partial charge in [0, 0.05) is 174 Å². The zero-order chi connectivity index (χ0) is 88.4. The van der Waals surface area contributed by atoms with E-state index in [0.29, 0.717) is 124 Å². The van der Waals surface area contributed by atoms with Crippen LogP contribution in [0.5, 0.6) is 0 Å². The molecular formula is C71H130N14O28Si4. The Morgan fingerprint density at radius 1 is 0.530 bits per heavy atom. The van der Waals surface area contributed by atoms with E-state index >= 15 is 0 Å². The van der Waals surface area contributed by atoms with Crippen LogP contribution < -0.4 is 33.2 Å². The summed E-state index contributed by atoms with van der Waals surface area (Å²) in [6, 6.07) is 11.7. The number of fused-ring (bicyclic) bond motifs is 2. The van der Waals surface area contributed by atoms with Gasteiger partial charge >= 0.3 is 59.1 Å². The number of ether oxygens (including phenoxy) is 4. The van der Waals surface area contributed by atoms with Gasteiger partial charge in [0.15, 0.2) is 28.4 Å². The van der Waals surface area contributed by atoms with Gasteiger partial charge in [-0.3, -0.25) is 42.7 Å². The molecule has 3 aliphatic heterocycles. The van der Waals surface area contributed by atoms with E-state index in [1.165, 1.54) is 34.0 Å². The van der Waals surface area contributed by atoms with Crippen LogP contribution in [-0.4, -0.2) is 297 Å². The van der Waals surface area contributed by atoms with Crippen molar-refractivity contribution in [3.8, 4) is 0 Å². The monoisotopic (exact) mass is 1740 g/mol. The second-order valence-electron chi connectivity index (χ2n) is 24.4. The first-order valence-electron chi connectivity index (χ1n) is 38.1. The van der Waals surface area contributed by atoms with Gasteiger partial charge in [-0.2, -0.15) is 0 Å². The van der Waals surface area contributed by atoms with Crippen molar-refractivity contribution in [3.63, 3.8) is 0 Å². The van der Waals surface area contributed by atoms with Gasteiger partial charge in [-0.25, -0.2) is 29.9 Å². The number of cyclic esters (lactones) is 2. The quantitative estimate of drug-likeness (QED) is 0.0114. The van der Waals surface area contributed by atoms with E-state index in [-0.39, 0.29) is 80.5 Å². The fraction of sp³-hybridized carbons (Fsp3) is 0.676. The van der Waals surface area contributed by atoms with E-state index in [4.69, 9.17) is 105 Å². The zero-order valence-corrected chi connectivity index (χ0v) is 74.8. The Bertz CT molecular complexity index is 3490. The molecular weight excluding hydrogens is 1610 g/mol. The summed E-state index contributed by atoms with van der Waals surface area (Å²) >= 11 is 0. The lowest BCUT2D eigenvalue weighted by Gasteiger charge is -2.28. The third-order valence-corrected chi connectivity index (χ3v) is 28.9. The Morgan fingerprint density at radius 2 is 0.940 bits per heavy atom. The molecule has 8 rings (SSSR count). The largest absolute Gasteiger partial charge is 0.500 e. The number of amides is 3. The van der Waals surface area contributed by atoms with Gasteiger partial charge in [0.2, 0.25) is 11.8 Å². The first kappa shape index (κ1) is 110. The highest BCUT2D eigenvalue weighted by atomic mass is 28.4. The number of nitrogen functional groups attached to an aromatic ring is 1. The average molecular weight is 1740 g/mol. The number of aliphatic hydroxyl groups is 4. The molecule has 3 fully saturated rings. The van der Waals surface area contributed by atoms with Crippen LogP contribution in [0.25, 0.3) is 22.3 Å². The third-order valence-electron chi connectivity index (χ3n) is 17.2. The van der Waals surface area contributed by atoms with Gasteiger partial charge in [-0.1, -0.05) is 32.0 Å². The Balaban J connectivity index is 0.00000145. The minimum Gasteiger partial charge on any atom is -0.481 e. The number of aliphatic carboxylic acids is 1. The molecule has 5 aromatic rings. The number of hydrogen-bond acceptors (Lipinski definition) is 36. The highest BCUT2D eigenvalue weighted by Crippen LogP contribution is 2.36. The van der Waals surface area contributed by atoms with Crippen molar-refractivity contribution in [1.82, 2.24) is 49.7 Å². The van der Waals surface area contributed by atoms with Crippen molar-refractivity contribution in [2.75, 3.05) is 142 Å². The minimum atomic E-state index is -2.66. The SMILES string of the molecule is CCO[Si](CCCN)(OCC)OCC.CC[C@H]1O[C@@H](n2cnc3c(N)ncnc32)C[C@H]1OC(=O)CCC(=O)NCCC[Si](OC)(OC)OC.CC[C@H]1O[C@@H](n2cnc3c(NC(=O)c4ccccc4)ncnc32)C[C@H]1O.CO.CO.CO.CO[Si](CCCN)(OC)OC.CO[Si](CCCNC(=O)CCC(=O)O)(OC)OC.O=C1CCC(=O)O1. The van der Waals surface area contributed by atoms with Gasteiger partial charge < -0.3 is 131 Å². The molecule has 46 heteroatoms. The number of benzene rings is 1. The van der Waals surface area contributed by atoms with Crippen LogP contribution in [-0.2, 0) is 101 Å². The second-order valence-corrected chi connectivity index (χ2v) is 36.4. The maximum absolute atomic E-state index is 12.4. The van der Waals surface area contributed by atoms with Gasteiger partial charge in [0.1, 0.15) is 36.7 Å². The maximum Gasteiger partial charge on any atom is 0.500 e. The molecule has 0 unspecified atom stereocenters. The summed E-state index contributed by atoms with van der Waals surface area (Å²) in [7, 11) is 7.12. The molecule has 4 aromatic heterocycles. The molecule has 668 valence electrons. The topological polar surface area (TPSA) is 570 Å². The van der Waals surface area contributed by atoms with Crippen LogP contribution >= 0.6 is 0 Å². The van der Waals surface area contributed by atoms with E-state index in [0.717, 1.165) is 52.7 Å². The summed E-state index contributed by atoms with van der Waals surface area (Å²) in [6.45, 7) is 13.9. The molecule has 0 spiro atoms. The number of nitrogens with two attached hydrogens (primary N) is 3. The molecule has 0 saturated carbocycles. The number of carboxylic acids is 1. The molecule has 0 aliphatic carbocycles. The number of aromatic nitrogens is 8. The number of aliphatic hydroxyl groups excluding tert-OH is 4. The van der Waals surface area contributed by atoms with Gasteiger partial charge in [-0.15, -0.1) is 0 Å². The number of esters is 3. The summed E-state index contributed by atoms with van der Waals surface area (Å²) in [5, 5.41) is 47.7. The van der Waals surface area contributed by atoms with Crippen molar-refractivity contribution >= 4 is 111 Å². The number of nitrogens with zero attached hydrogens (tertiary/aromatic N) is 8. The predicted molar refractivity (Wildman–Crippen MR) is 437 cm³/mol. The van der Waals surface area contributed by atoms with E-state index < -0.39 is 77.5 Å². The smallest absolute Gasteiger partial charge is 0.481 e. The molecule has 3 aliphatic rings. The number of imidazole rings is 2. The highest BCUT2D eigenvalue weighted by Gasteiger charge is 2.42. The molecule has 3 saturated heterocycles. The molecule has 14 N–H and O–H groups in total. The number of rotatable bonds is 42. The van der Waals surface area contributed by atoms with Crippen molar-refractivity contribution in [3.05, 3.63) is 61.2 Å². The van der Waals surface area contributed by atoms with Gasteiger partial charge in [0.25, 0.3) is 5.91 Å². The first-order valence-corrected chi connectivity index (χ1v) is 45.8. The Morgan fingerprint density at radius 3 is 1.35 bits per heavy atom. The molecule has 3 amide bonds. The number of carboxylic acid groups (broad SMARTS) is 1. The normalized spacial score (nSPS) is 16.7. The van der Waals surface area contributed by atoms with Crippen molar-refractivity contribution < 1.29 is 131 Å². The fourth-order valence-corrected chi connectivity index (χ4v) is 19.1. The number of hydrogen-bond donors (Lipinski definition) is 11. The number of nitrogens with one attached hydrogen (secondary N) is 3. The zero-order valence-electron chi connectivity index (χ0n) is 70.8. The summed E-state index contributed by atoms with van der Waals surface area (Å²) in [4.78, 5) is 104. The Kier molecular flexibility index (Phi) is 58.8. The van der Waals surface area contributed by atoms with Crippen LogP contribution in [0.1, 0.15) is 147 Å². The van der Waals surface area contributed by atoms with Crippen molar-refractivity contribution in [1.29, 1.82) is 0 Å². The maximum atomic E-state index is 12.4. The molecule has 7 heterocycles. The lowest BCUT2D eigenvalue weighted by molar-refractivity contribution is -0.153. The molecule has 1 aromatic carbocycles. The van der Waals surface area contributed by atoms with E-state index in [1.807, 2.05) is 40.7 Å². The van der Waals surface area contributed by atoms with Gasteiger partial charge in [0.05, 0.1) is 56.6 Å². The van der Waals surface area contributed by atoms with E-state index in [1.54, 1.807) is 88.7 Å². The standard InChI is InChI=1S/C21H34N6O7Si.C18H19N5O3.C10H21NO6Si.C9H23NO3Si.C6H17NO3Si.C4H4O3.3CH4O/c1-5-14-15(11-17(33-14)27-13-26-19-20(22)24-12-25-21(19)27)34-18(29)8-7-16(28)23-9-6-10-35(30-2,31-3)32-4;1-2-13-12(24)8-14(26-13)23-10-21-15-16(19-9-20-17(15)23)22-18(25)11-6-4-3-5-7-11;1-15-18(16-2,17-3)8-4-7-11-9(12)5-6-10(13)14;1-4-11-14(12-5-2,13-6-3)9-7-8-10;1-8-11(9-2,10-3)6-4-5-7;5-3-1-2-4(6)7-3;3*1-2/h12-15,17H,5-11H2,1-4H3,(H,23,28)(H2,22,24,25);3-7,9-10,12-14,24H,2,8H2,1H3,(H,19,20,22,25);4-8H2,1-3H3,(H,11,12)(H,13,14);4-10H2,1-3H3;4-7H2,1-3H3;1-2H2;3*2H,1H3/t14-,15-,17-;12-,13-,14-;;;;;;;/m11......./s1. The molecule has 0 radical (unpaired) electrons. The molecule has 0 bridgehead atoms. The average Bonchev–Trinajstić information content (AvgIpc) is 1.64. The third kappa shape index (κ3) is 38.7. The first-order chi connectivity index (χ1) is 56.3.